The van der Waals surface area contributed by atoms with Crippen LogP contribution in [0.25, 0.3) is 0 Å². The third-order valence-electron chi connectivity index (χ3n) is 1.62. The SMILES string of the molecule is N[C@H](CF)c1cc(F)cc(Br)c1O. The maximum atomic E-state index is 12.8. The largest absolute Gasteiger partial charge is 0.506 e. The Kier molecular flexibility index (Phi) is 3.22. The smallest absolute Gasteiger partial charge is 0.134 e. The molecule has 13 heavy (non-hydrogen) atoms. The summed E-state index contributed by atoms with van der Waals surface area (Å²) in [7, 11) is 0. The van der Waals surface area contributed by atoms with Gasteiger partial charge in [-0.25, -0.2) is 8.78 Å². The van der Waals surface area contributed by atoms with E-state index in [2.05, 4.69) is 15.9 Å². The number of hydrogen-bond donors (Lipinski definition) is 2. The maximum absolute atomic E-state index is 12.8. The molecule has 1 aromatic rings. The highest BCUT2D eigenvalue weighted by Gasteiger charge is 2.14. The second kappa shape index (κ2) is 4.02. The molecule has 0 amide bonds. The monoisotopic (exact) mass is 251 g/mol. The first-order valence-corrected chi connectivity index (χ1v) is 4.35. The van der Waals surface area contributed by atoms with Gasteiger partial charge in [-0.1, -0.05) is 0 Å². The van der Waals surface area contributed by atoms with Gasteiger partial charge in [0.1, 0.15) is 18.2 Å². The summed E-state index contributed by atoms with van der Waals surface area (Å²) >= 11 is 2.93. The highest BCUT2D eigenvalue weighted by molar-refractivity contribution is 9.10. The molecular formula is C8H8BrF2NO. The van der Waals surface area contributed by atoms with Crippen LogP contribution in [0, 0.1) is 5.82 Å². The number of aromatic hydroxyl groups is 1. The first-order valence-electron chi connectivity index (χ1n) is 3.55. The van der Waals surface area contributed by atoms with E-state index < -0.39 is 18.5 Å². The molecule has 0 aliphatic carbocycles. The predicted molar refractivity (Wildman–Crippen MR) is 48.7 cm³/mol. The number of nitrogens with two attached hydrogens (primary N) is 1. The lowest BCUT2D eigenvalue weighted by Gasteiger charge is -2.10. The van der Waals surface area contributed by atoms with Crippen molar-refractivity contribution in [1.82, 2.24) is 0 Å². The van der Waals surface area contributed by atoms with Crippen molar-refractivity contribution in [2.75, 3.05) is 6.67 Å². The van der Waals surface area contributed by atoms with Crippen molar-refractivity contribution in [1.29, 1.82) is 0 Å². The van der Waals surface area contributed by atoms with E-state index in [4.69, 9.17) is 5.73 Å². The summed E-state index contributed by atoms with van der Waals surface area (Å²) in [6.45, 7) is -0.844. The van der Waals surface area contributed by atoms with Gasteiger partial charge in [-0.3, -0.25) is 0 Å². The van der Waals surface area contributed by atoms with Crippen LogP contribution >= 0.6 is 15.9 Å². The second-order valence-corrected chi connectivity index (χ2v) is 3.44. The van der Waals surface area contributed by atoms with Gasteiger partial charge in [0, 0.05) is 5.56 Å². The summed E-state index contributed by atoms with van der Waals surface area (Å²) in [6.07, 6.45) is 0. The van der Waals surface area contributed by atoms with Crippen LogP contribution in [0.4, 0.5) is 8.78 Å². The fourth-order valence-electron chi connectivity index (χ4n) is 0.952. The number of alkyl halides is 1. The lowest BCUT2D eigenvalue weighted by Crippen LogP contribution is -2.12. The molecule has 0 bridgehead atoms. The highest BCUT2D eigenvalue weighted by Crippen LogP contribution is 2.32. The summed E-state index contributed by atoms with van der Waals surface area (Å²) in [4.78, 5) is 0. The second-order valence-electron chi connectivity index (χ2n) is 2.59. The zero-order valence-electron chi connectivity index (χ0n) is 6.60. The van der Waals surface area contributed by atoms with Crippen molar-refractivity contribution >= 4 is 15.9 Å². The molecule has 0 radical (unpaired) electrons. The number of halogens is 3. The Morgan fingerprint density at radius 1 is 1.54 bits per heavy atom. The molecule has 0 unspecified atom stereocenters. The Balaban J connectivity index is 3.20. The van der Waals surface area contributed by atoms with Crippen molar-refractivity contribution in [3.8, 4) is 5.75 Å². The van der Waals surface area contributed by atoms with Gasteiger partial charge in [0.15, 0.2) is 0 Å². The molecule has 0 aromatic heterocycles. The number of hydrogen-bond acceptors (Lipinski definition) is 2. The van der Waals surface area contributed by atoms with Crippen molar-refractivity contribution < 1.29 is 13.9 Å². The average Bonchev–Trinajstić information content (AvgIpc) is 2.10. The zero-order chi connectivity index (χ0) is 10.0. The Hall–Kier alpha value is -0.680. The number of rotatable bonds is 2. The van der Waals surface area contributed by atoms with E-state index in [-0.39, 0.29) is 15.8 Å². The Bertz CT molecular complexity index is 319. The van der Waals surface area contributed by atoms with E-state index in [1.54, 1.807) is 0 Å². The molecule has 3 N–H and O–H groups in total. The van der Waals surface area contributed by atoms with Crippen molar-refractivity contribution in [3.05, 3.63) is 28.0 Å². The quantitative estimate of drug-likeness (QED) is 0.847. The highest BCUT2D eigenvalue weighted by atomic mass is 79.9. The predicted octanol–water partition coefficient (Wildman–Crippen LogP) is 2.26. The van der Waals surface area contributed by atoms with E-state index in [0.717, 1.165) is 12.1 Å². The number of phenolic OH excluding ortho intramolecular Hbond substituents is 1. The molecule has 0 fully saturated rings. The normalized spacial score (nSPS) is 12.9. The third-order valence-corrected chi connectivity index (χ3v) is 2.23. The summed E-state index contributed by atoms with van der Waals surface area (Å²) in [5.74, 6) is -0.782. The van der Waals surface area contributed by atoms with Gasteiger partial charge in [-0.2, -0.15) is 0 Å². The van der Waals surface area contributed by atoms with Crippen LogP contribution in [0.5, 0.6) is 5.75 Å². The summed E-state index contributed by atoms with van der Waals surface area (Å²) in [5, 5.41) is 9.36. The summed E-state index contributed by atoms with van der Waals surface area (Å²) in [5.41, 5.74) is 5.37. The lowest BCUT2D eigenvalue weighted by atomic mass is 10.1. The molecule has 0 saturated carbocycles. The summed E-state index contributed by atoms with van der Waals surface area (Å²) in [6, 6.07) is 1.11. The van der Waals surface area contributed by atoms with Gasteiger partial charge in [0.05, 0.1) is 10.5 Å². The van der Waals surface area contributed by atoms with Crippen LogP contribution in [-0.2, 0) is 0 Å². The molecule has 0 spiro atoms. The van der Waals surface area contributed by atoms with Crippen LogP contribution in [0.2, 0.25) is 0 Å². The van der Waals surface area contributed by atoms with Crippen LogP contribution in [0.15, 0.2) is 16.6 Å². The minimum absolute atomic E-state index is 0.0642. The molecule has 5 heteroatoms. The minimum atomic E-state index is -0.994. The van der Waals surface area contributed by atoms with E-state index >= 15 is 0 Å². The third kappa shape index (κ3) is 2.16. The molecule has 2 nitrogen and oxygen atoms in total. The maximum Gasteiger partial charge on any atom is 0.134 e. The van der Waals surface area contributed by atoms with Crippen molar-refractivity contribution in [2.45, 2.75) is 6.04 Å². The average molecular weight is 252 g/mol. The van der Waals surface area contributed by atoms with Gasteiger partial charge >= 0.3 is 0 Å². The molecule has 0 aliphatic rings. The van der Waals surface area contributed by atoms with Crippen molar-refractivity contribution in [2.24, 2.45) is 5.73 Å². The zero-order valence-corrected chi connectivity index (χ0v) is 8.18. The van der Waals surface area contributed by atoms with E-state index in [0.29, 0.717) is 0 Å². The Labute approximate surface area is 82.5 Å². The topological polar surface area (TPSA) is 46.2 Å². The van der Waals surface area contributed by atoms with Crippen LogP contribution in [-0.4, -0.2) is 11.8 Å². The van der Waals surface area contributed by atoms with Gasteiger partial charge in [-0.05, 0) is 28.1 Å². The minimum Gasteiger partial charge on any atom is -0.506 e. The van der Waals surface area contributed by atoms with Crippen LogP contribution in [0.1, 0.15) is 11.6 Å². The van der Waals surface area contributed by atoms with Gasteiger partial charge in [-0.15, -0.1) is 0 Å². The molecule has 0 aliphatic heterocycles. The lowest BCUT2D eigenvalue weighted by molar-refractivity contribution is 0.411. The van der Waals surface area contributed by atoms with Crippen LogP contribution < -0.4 is 5.73 Å². The number of phenols is 1. The molecule has 0 heterocycles. The van der Waals surface area contributed by atoms with Crippen molar-refractivity contribution in [3.63, 3.8) is 0 Å². The number of benzene rings is 1. The molecule has 0 saturated heterocycles. The molecule has 1 aromatic carbocycles. The Morgan fingerprint density at radius 2 is 2.15 bits per heavy atom. The van der Waals surface area contributed by atoms with Gasteiger partial charge in [0.2, 0.25) is 0 Å². The molecular weight excluding hydrogens is 244 g/mol. The Morgan fingerprint density at radius 3 is 2.69 bits per heavy atom. The standard InChI is InChI=1S/C8H8BrF2NO/c9-6-2-4(11)1-5(8(6)13)7(12)3-10/h1-2,7,13H,3,12H2/t7-/m1/s1. The van der Waals surface area contributed by atoms with E-state index in [1.807, 2.05) is 0 Å². The first kappa shape index (κ1) is 10.4. The van der Waals surface area contributed by atoms with E-state index in [9.17, 15) is 13.9 Å². The van der Waals surface area contributed by atoms with E-state index in [1.165, 1.54) is 0 Å². The van der Waals surface area contributed by atoms with Crippen LogP contribution in [0.3, 0.4) is 0 Å². The van der Waals surface area contributed by atoms with Gasteiger partial charge in [0.25, 0.3) is 0 Å². The van der Waals surface area contributed by atoms with Gasteiger partial charge < -0.3 is 10.8 Å². The fraction of sp³-hybridized carbons (Fsp3) is 0.250. The summed E-state index contributed by atoms with van der Waals surface area (Å²) < 4.78 is 25.1. The first-order chi connectivity index (χ1) is 6.06. The molecule has 1 rings (SSSR count). The molecule has 1 atom stereocenters. The fourth-order valence-corrected chi connectivity index (χ4v) is 1.40. The molecule has 72 valence electrons.